The Hall–Kier alpha value is -2.10. The Kier molecular flexibility index (Phi) is 3.55. The van der Waals surface area contributed by atoms with Crippen LogP contribution in [0.2, 0.25) is 0 Å². The van der Waals surface area contributed by atoms with Crippen molar-refractivity contribution >= 4 is 22.4 Å². The summed E-state index contributed by atoms with van der Waals surface area (Å²) in [6, 6.07) is 5.64. The van der Waals surface area contributed by atoms with Crippen molar-refractivity contribution in [1.29, 1.82) is 0 Å². The molecular weight excluding hydrogens is 212 g/mol. The average Bonchev–Trinajstić information content (AvgIpc) is 2.35. The standard InChI is InChI=1S/C13H16N4/c1-2-3-4-7-15-13-11-8-10(14)5-6-12(11)16-9-17-13/h2,5-6,8-9H,1,3-4,7,14H2,(H,15,16,17). The highest BCUT2D eigenvalue weighted by molar-refractivity contribution is 5.91. The molecule has 0 aliphatic carbocycles. The van der Waals surface area contributed by atoms with Gasteiger partial charge in [0.25, 0.3) is 0 Å². The first kappa shape index (κ1) is 11.4. The summed E-state index contributed by atoms with van der Waals surface area (Å²) in [5.74, 6) is 0.839. The van der Waals surface area contributed by atoms with Gasteiger partial charge in [-0.1, -0.05) is 6.08 Å². The predicted octanol–water partition coefficient (Wildman–Crippen LogP) is 2.59. The topological polar surface area (TPSA) is 63.8 Å². The number of nitrogens with zero attached hydrogens (tertiary/aromatic N) is 2. The first-order valence-corrected chi connectivity index (χ1v) is 5.66. The Morgan fingerprint density at radius 3 is 3.06 bits per heavy atom. The van der Waals surface area contributed by atoms with Crippen LogP contribution < -0.4 is 11.1 Å². The smallest absolute Gasteiger partial charge is 0.137 e. The minimum Gasteiger partial charge on any atom is -0.399 e. The minimum atomic E-state index is 0.724. The van der Waals surface area contributed by atoms with Crippen molar-refractivity contribution < 1.29 is 0 Å². The molecule has 0 atom stereocenters. The van der Waals surface area contributed by atoms with Crippen LogP contribution in [0.25, 0.3) is 10.9 Å². The van der Waals surface area contributed by atoms with E-state index in [1.807, 2.05) is 24.3 Å². The third-order valence-corrected chi connectivity index (χ3v) is 2.54. The molecule has 1 aromatic heterocycles. The zero-order chi connectivity index (χ0) is 12.1. The first-order chi connectivity index (χ1) is 8.31. The number of hydrogen-bond donors (Lipinski definition) is 2. The van der Waals surface area contributed by atoms with E-state index in [1.54, 1.807) is 6.33 Å². The van der Waals surface area contributed by atoms with E-state index in [1.165, 1.54) is 0 Å². The zero-order valence-electron chi connectivity index (χ0n) is 9.69. The molecule has 0 unspecified atom stereocenters. The van der Waals surface area contributed by atoms with E-state index in [0.717, 1.165) is 41.8 Å². The van der Waals surface area contributed by atoms with Gasteiger partial charge in [-0.2, -0.15) is 0 Å². The van der Waals surface area contributed by atoms with Gasteiger partial charge in [-0.15, -0.1) is 6.58 Å². The number of hydrogen-bond acceptors (Lipinski definition) is 4. The second-order valence-electron chi connectivity index (χ2n) is 3.86. The van der Waals surface area contributed by atoms with Crippen molar-refractivity contribution in [2.75, 3.05) is 17.6 Å². The molecule has 88 valence electrons. The quantitative estimate of drug-likeness (QED) is 0.469. The van der Waals surface area contributed by atoms with Crippen molar-refractivity contribution in [1.82, 2.24) is 9.97 Å². The molecule has 1 aromatic carbocycles. The van der Waals surface area contributed by atoms with E-state index in [-0.39, 0.29) is 0 Å². The van der Waals surface area contributed by atoms with Crippen molar-refractivity contribution in [3.05, 3.63) is 37.2 Å². The van der Waals surface area contributed by atoms with E-state index in [4.69, 9.17) is 5.73 Å². The molecule has 0 aliphatic rings. The van der Waals surface area contributed by atoms with Crippen LogP contribution in [-0.4, -0.2) is 16.5 Å². The zero-order valence-corrected chi connectivity index (χ0v) is 9.69. The van der Waals surface area contributed by atoms with Gasteiger partial charge in [-0.05, 0) is 31.0 Å². The van der Waals surface area contributed by atoms with Crippen LogP contribution in [0, 0.1) is 0 Å². The Balaban J connectivity index is 2.21. The van der Waals surface area contributed by atoms with Gasteiger partial charge >= 0.3 is 0 Å². The molecular formula is C13H16N4. The largest absolute Gasteiger partial charge is 0.399 e. The molecule has 4 nitrogen and oxygen atoms in total. The summed E-state index contributed by atoms with van der Waals surface area (Å²) in [5.41, 5.74) is 7.40. The molecule has 0 saturated carbocycles. The molecule has 0 radical (unpaired) electrons. The van der Waals surface area contributed by atoms with Gasteiger partial charge in [0.05, 0.1) is 5.52 Å². The van der Waals surface area contributed by atoms with E-state index >= 15 is 0 Å². The molecule has 17 heavy (non-hydrogen) atoms. The lowest BCUT2D eigenvalue weighted by Crippen LogP contribution is -2.04. The van der Waals surface area contributed by atoms with Crippen molar-refractivity contribution in [3.63, 3.8) is 0 Å². The van der Waals surface area contributed by atoms with Crippen molar-refractivity contribution in [3.8, 4) is 0 Å². The minimum absolute atomic E-state index is 0.724. The van der Waals surface area contributed by atoms with Gasteiger partial charge in [0.1, 0.15) is 12.1 Å². The number of benzene rings is 1. The van der Waals surface area contributed by atoms with Gasteiger partial charge in [0.15, 0.2) is 0 Å². The second kappa shape index (κ2) is 5.30. The highest BCUT2D eigenvalue weighted by atomic mass is 15.0. The van der Waals surface area contributed by atoms with Gasteiger partial charge in [0, 0.05) is 17.6 Å². The lowest BCUT2D eigenvalue weighted by Gasteiger charge is -2.07. The summed E-state index contributed by atoms with van der Waals surface area (Å²) >= 11 is 0. The van der Waals surface area contributed by atoms with Crippen molar-refractivity contribution in [2.45, 2.75) is 12.8 Å². The number of aromatic nitrogens is 2. The Labute approximate surface area is 101 Å². The molecule has 0 fully saturated rings. The predicted molar refractivity (Wildman–Crippen MR) is 71.9 cm³/mol. The fraction of sp³-hybridized carbons (Fsp3) is 0.231. The third kappa shape index (κ3) is 2.72. The molecule has 2 aromatic rings. The molecule has 0 aliphatic heterocycles. The fourth-order valence-electron chi connectivity index (χ4n) is 1.67. The fourth-order valence-corrected chi connectivity index (χ4v) is 1.67. The molecule has 1 heterocycles. The summed E-state index contributed by atoms with van der Waals surface area (Å²) in [7, 11) is 0. The highest BCUT2D eigenvalue weighted by Crippen LogP contribution is 2.21. The van der Waals surface area contributed by atoms with Crippen LogP contribution in [-0.2, 0) is 0 Å². The molecule has 0 bridgehead atoms. The molecule has 3 N–H and O–H groups in total. The Morgan fingerprint density at radius 2 is 2.24 bits per heavy atom. The number of nitrogens with one attached hydrogen (secondary N) is 1. The number of rotatable bonds is 5. The van der Waals surface area contributed by atoms with Gasteiger partial charge in [0.2, 0.25) is 0 Å². The van der Waals surface area contributed by atoms with Crippen LogP contribution in [0.3, 0.4) is 0 Å². The molecule has 0 spiro atoms. The Bertz CT molecular complexity index is 522. The normalized spacial score (nSPS) is 10.4. The van der Waals surface area contributed by atoms with E-state index in [2.05, 4.69) is 21.9 Å². The maximum atomic E-state index is 5.77. The van der Waals surface area contributed by atoms with Crippen LogP contribution >= 0.6 is 0 Å². The maximum absolute atomic E-state index is 5.77. The summed E-state index contributed by atoms with van der Waals surface area (Å²) < 4.78 is 0. The number of allylic oxidation sites excluding steroid dienone is 1. The van der Waals surface area contributed by atoms with Crippen LogP contribution in [0.15, 0.2) is 37.2 Å². The summed E-state index contributed by atoms with van der Waals surface area (Å²) in [6.07, 6.45) is 5.52. The molecule has 0 saturated heterocycles. The van der Waals surface area contributed by atoms with E-state index in [0.29, 0.717) is 0 Å². The third-order valence-electron chi connectivity index (χ3n) is 2.54. The van der Waals surface area contributed by atoms with E-state index in [9.17, 15) is 0 Å². The van der Waals surface area contributed by atoms with Gasteiger partial charge in [-0.3, -0.25) is 0 Å². The number of anilines is 2. The van der Waals surface area contributed by atoms with Gasteiger partial charge < -0.3 is 11.1 Å². The lowest BCUT2D eigenvalue weighted by molar-refractivity contribution is 0.886. The second-order valence-corrected chi connectivity index (χ2v) is 3.86. The summed E-state index contributed by atoms with van der Waals surface area (Å²) in [5, 5.41) is 4.26. The Morgan fingerprint density at radius 1 is 1.35 bits per heavy atom. The summed E-state index contributed by atoms with van der Waals surface area (Å²) in [6.45, 7) is 4.56. The number of fused-ring (bicyclic) bond motifs is 1. The van der Waals surface area contributed by atoms with Crippen molar-refractivity contribution in [2.24, 2.45) is 0 Å². The lowest BCUT2D eigenvalue weighted by atomic mass is 10.2. The van der Waals surface area contributed by atoms with Crippen LogP contribution in [0.5, 0.6) is 0 Å². The first-order valence-electron chi connectivity index (χ1n) is 5.66. The number of nitrogens with two attached hydrogens (primary N) is 1. The van der Waals surface area contributed by atoms with E-state index < -0.39 is 0 Å². The maximum Gasteiger partial charge on any atom is 0.137 e. The number of unbranched alkanes of at least 4 members (excludes halogenated alkanes) is 1. The monoisotopic (exact) mass is 228 g/mol. The average molecular weight is 228 g/mol. The van der Waals surface area contributed by atoms with Gasteiger partial charge in [-0.25, -0.2) is 9.97 Å². The summed E-state index contributed by atoms with van der Waals surface area (Å²) in [4.78, 5) is 8.45. The molecule has 2 rings (SSSR count). The SMILES string of the molecule is C=CCCCNc1ncnc2ccc(N)cc12. The van der Waals surface area contributed by atoms with Crippen LogP contribution in [0.4, 0.5) is 11.5 Å². The molecule has 0 amide bonds. The number of nitrogen functional groups attached to an aromatic ring is 1. The highest BCUT2D eigenvalue weighted by Gasteiger charge is 2.02. The molecule has 4 heteroatoms. The van der Waals surface area contributed by atoms with Crippen LogP contribution in [0.1, 0.15) is 12.8 Å².